The largest absolute Gasteiger partial charge is 0.352 e. The normalized spacial score (nSPS) is 12.9. The zero-order valence-corrected chi connectivity index (χ0v) is 18.6. The number of hydrogen-bond acceptors (Lipinski definition) is 2. The fourth-order valence-electron chi connectivity index (χ4n) is 2.97. The number of hydrogen-bond donors (Lipinski definition) is 1. The Morgan fingerprint density at radius 3 is 2.45 bits per heavy atom. The average molecular weight is 435 g/mol. The molecule has 0 fully saturated rings. The molecular formula is C23H28Cl2N2O2. The van der Waals surface area contributed by atoms with Crippen molar-refractivity contribution in [3.63, 3.8) is 0 Å². The van der Waals surface area contributed by atoms with E-state index in [1.165, 1.54) is 0 Å². The fourth-order valence-corrected chi connectivity index (χ4v) is 3.41. The van der Waals surface area contributed by atoms with Gasteiger partial charge in [-0.2, -0.15) is 0 Å². The molecule has 0 radical (unpaired) electrons. The molecular weight excluding hydrogens is 407 g/mol. The molecule has 0 aliphatic carbocycles. The Kier molecular flexibility index (Phi) is 8.99. The van der Waals surface area contributed by atoms with Crippen molar-refractivity contribution in [2.75, 3.05) is 0 Å². The van der Waals surface area contributed by atoms with Crippen LogP contribution in [0.1, 0.15) is 44.7 Å². The molecule has 0 aromatic heterocycles. The van der Waals surface area contributed by atoms with Gasteiger partial charge < -0.3 is 10.2 Å². The van der Waals surface area contributed by atoms with Gasteiger partial charge in [0.05, 0.1) is 0 Å². The molecule has 2 rings (SSSR count). The molecule has 29 heavy (non-hydrogen) atoms. The van der Waals surface area contributed by atoms with E-state index in [1.54, 1.807) is 17.9 Å². The Bertz CT molecular complexity index is 841. The Hall–Kier alpha value is -2.04. The molecule has 4 nitrogen and oxygen atoms in total. The molecule has 0 aliphatic rings. The van der Waals surface area contributed by atoms with Crippen molar-refractivity contribution in [2.45, 2.75) is 58.7 Å². The highest BCUT2D eigenvalue weighted by atomic mass is 35.5. The highest BCUT2D eigenvalue weighted by molar-refractivity contribution is 6.31. The third kappa shape index (κ3) is 7.06. The number of carbonyl (C=O) groups is 2. The first-order valence-corrected chi connectivity index (χ1v) is 10.6. The third-order valence-electron chi connectivity index (χ3n) is 4.98. The second-order valence-corrected chi connectivity index (χ2v) is 8.08. The molecule has 6 heteroatoms. The van der Waals surface area contributed by atoms with Gasteiger partial charge in [0, 0.05) is 29.1 Å². The first kappa shape index (κ1) is 23.2. The zero-order chi connectivity index (χ0) is 21.4. The summed E-state index contributed by atoms with van der Waals surface area (Å²) in [5.41, 5.74) is 1.80. The lowest BCUT2D eigenvalue weighted by molar-refractivity contribution is -0.140. The van der Waals surface area contributed by atoms with E-state index in [0.29, 0.717) is 23.0 Å². The molecule has 0 saturated carbocycles. The lowest BCUT2D eigenvalue weighted by Crippen LogP contribution is -2.49. The van der Waals surface area contributed by atoms with Crippen LogP contribution in [0, 0.1) is 0 Å². The lowest BCUT2D eigenvalue weighted by atomic mass is 10.1. The van der Waals surface area contributed by atoms with Crippen molar-refractivity contribution in [3.8, 4) is 0 Å². The highest BCUT2D eigenvalue weighted by Gasteiger charge is 2.26. The van der Waals surface area contributed by atoms with Gasteiger partial charge in [0.1, 0.15) is 6.04 Å². The van der Waals surface area contributed by atoms with Gasteiger partial charge in [-0.05, 0) is 56.0 Å². The minimum atomic E-state index is -0.596. The van der Waals surface area contributed by atoms with Crippen LogP contribution in [0.2, 0.25) is 10.0 Å². The topological polar surface area (TPSA) is 49.4 Å². The average Bonchev–Trinajstić information content (AvgIpc) is 2.70. The van der Waals surface area contributed by atoms with Crippen molar-refractivity contribution in [1.29, 1.82) is 0 Å². The van der Waals surface area contributed by atoms with Gasteiger partial charge in [-0.1, -0.05) is 60.5 Å². The number of carbonyl (C=O) groups excluding carboxylic acids is 2. The van der Waals surface area contributed by atoms with E-state index in [1.807, 2.05) is 56.3 Å². The summed E-state index contributed by atoms with van der Waals surface area (Å²) in [7, 11) is 0. The number of benzene rings is 2. The van der Waals surface area contributed by atoms with Crippen LogP contribution < -0.4 is 5.32 Å². The maximum atomic E-state index is 13.1. The van der Waals surface area contributed by atoms with Crippen LogP contribution in [0.3, 0.4) is 0 Å². The van der Waals surface area contributed by atoms with Gasteiger partial charge in [-0.3, -0.25) is 9.59 Å². The van der Waals surface area contributed by atoms with Crippen LogP contribution in [0.25, 0.3) is 0 Å². The third-order valence-corrected chi connectivity index (χ3v) is 5.58. The van der Waals surface area contributed by atoms with E-state index in [4.69, 9.17) is 23.2 Å². The molecule has 2 amide bonds. The van der Waals surface area contributed by atoms with E-state index in [2.05, 4.69) is 5.32 Å². The number of nitrogens with one attached hydrogen (secondary N) is 1. The van der Waals surface area contributed by atoms with Gasteiger partial charge in [0.2, 0.25) is 11.8 Å². The van der Waals surface area contributed by atoms with E-state index in [0.717, 1.165) is 17.5 Å². The van der Waals surface area contributed by atoms with Crippen molar-refractivity contribution >= 4 is 35.0 Å². The fraction of sp³-hybridized carbons (Fsp3) is 0.391. The molecule has 0 bridgehead atoms. The molecule has 0 unspecified atom stereocenters. The second kappa shape index (κ2) is 11.2. The Labute approximate surface area is 183 Å². The quantitative estimate of drug-likeness (QED) is 0.584. The Balaban J connectivity index is 2.17. The Morgan fingerprint density at radius 1 is 1.07 bits per heavy atom. The van der Waals surface area contributed by atoms with Crippen LogP contribution in [0.5, 0.6) is 0 Å². The number of rotatable bonds is 9. The van der Waals surface area contributed by atoms with E-state index in [-0.39, 0.29) is 24.3 Å². The van der Waals surface area contributed by atoms with Crippen LogP contribution in [0.15, 0.2) is 48.5 Å². The summed E-state index contributed by atoms with van der Waals surface area (Å²) in [5, 5.41) is 4.21. The summed E-state index contributed by atoms with van der Waals surface area (Å²) in [6.07, 6.45) is 1.61. The first-order chi connectivity index (χ1) is 13.8. The predicted octanol–water partition coefficient (Wildman–Crippen LogP) is 5.26. The van der Waals surface area contributed by atoms with Crippen molar-refractivity contribution in [1.82, 2.24) is 10.2 Å². The molecule has 156 valence electrons. The van der Waals surface area contributed by atoms with E-state index >= 15 is 0 Å². The van der Waals surface area contributed by atoms with Gasteiger partial charge >= 0.3 is 0 Å². The summed E-state index contributed by atoms with van der Waals surface area (Å²) >= 11 is 12.3. The number of amides is 2. The molecule has 0 heterocycles. The smallest absolute Gasteiger partial charge is 0.242 e. The second-order valence-electron chi connectivity index (χ2n) is 7.24. The summed E-state index contributed by atoms with van der Waals surface area (Å²) in [6.45, 7) is 6.03. The number of nitrogens with zero attached hydrogens (tertiary/aromatic N) is 1. The van der Waals surface area contributed by atoms with Gasteiger partial charge in [-0.25, -0.2) is 0 Å². The van der Waals surface area contributed by atoms with Crippen LogP contribution >= 0.6 is 23.2 Å². The maximum absolute atomic E-state index is 13.1. The molecule has 2 aromatic carbocycles. The minimum absolute atomic E-state index is 0.0520. The monoisotopic (exact) mass is 434 g/mol. The lowest BCUT2D eigenvalue weighted by Gasteiger charge is -2.30. The summed E-state index contributed by atoms with van der Waals surface area (Å²) in [5.74, 6) is -0.260. The molecule has 0 spiro atoms. The van der Waals surface area contributed by atoms with E-state index in [9.17, 15) is 9.59 Å². The van der Waals surface area contributed by atoms with Crippen LogP contribution in [-0.4, -0.2) is 28.8 Å². The molecule has 2 atom stereocenters. The summed E-state index contributed by atoms with van der Waals surface area (Å²) < 4.78 is 0. The van der Waals surface area contributed by atoms with Crippen LogP contribution in [0.4, 0.5) is 0 Å². The summed E-state index contributed by atoms with van der Waals surface area (Å²) in [6, 6.07) is 14.3. The number of aryl methyl sites for hydroxylation is 1. The van der Waals surface area contributed by atoms with Crippen LogP contribution in [-0.2, 0) is 22.6 Å². The maximum Gasteiger partial charge on any atom is 0.242 e. The number of halogens is 2. The first-order valence-electron chi connectivity index (χ1n) is 9.89. The molecule has 0 aliphatic heterocycles. The van der Waals surface area contributed by atoms with Gasteiger partial charge in [-0.15, -0.1) is 0 Å². The minimum Gasteiger partial charge on any atom is -0.352 e. The summed E-state index contributed by atoms with van der Waals surface area (Å²) in [4.78, 5) is 27.4. The van der Waals surface area contributed by atoms with Crippen molar-refractivity contribution in [3.05, 3.63) is 69.7 Å². The van der Waals surface area contributed by atoms with Crippen molar-refractivity contribution < 1.29 is 9.59 Å². The van der Waals surface area contributed by atoms with Crippen molar-refractivity contribution in [2.24, 2.45) is 0 Å². The predicted molar refractivity (Wildman–Crippen MR) is 119 cm³/mol. The van der Waals surface area contributed by atoms with E-state index < -0.39 is 6.04 Å². The Morgan fingerprint density at radius 2 is 1.79 bits per heavy atom. The standard InChI is InChI=1S/C23H28Cl2N2O2/c1-4-16(2)26-23(29)17(3)27(15-18-8-7-10-20(24)14-18)22(28)13-12-19-9-5-6-11-21(19)25/h5-11,14,16-17H,4,12-13,15H2,1-3H3,(H,26,29)/t16-,17+/m0/s1. The zero-order valence-electron chi connectivity index (χ0n) is 17.1. The SMILES string of the molecule is CC[C@H](C)NC(=O)[C@@H](C)N(Cc1cccc(Cl)c1)C(=O)CCc1ccccc1Cl. The molecule has 0 saturated heterocycles. The van der Waals surface area contributed by atoms with Gasteiger partial charge in [0.15, 0.2) is 0 Å². The molecule has 2 aromatic rings. The molecule has 1 N–H and O–H groups in total. The highest BCUT2D eigenvalue weighted by Crippen LogP contribution is 2.19. The van der Waals surface area contributed by atoms with Gasteiger partial charge in [0.25, 0.3) is 0 Å².